The number of carbonyl (C=O) groups is 1. The average molecular weight is 412 g/mol. The van der Waals surface area contributed by atoms with Gasteiger partial charge in [-0.1, -0.05) is 36.4 Å². The standard InChI is InChI=1S/C22H21N3OS.ClH/c1-14(2)25-11-10-17-19(12-23)22(27-20(17)13-25)24-21(26)18-9-5-7-15-6-3-4-8-16(15)18;/h3-9,14H,10-11,13H2,1-2H3,(H,24,26);1H. The van der Waals surface area contributed by atoms with E-state index in [1.54, 1.807) is 0 Å². The van der Waals surface area contributed by atoms with Crippen LogP contribution in [0.3, 0.4) is 0 Å². The van der Waals surface area contributed by atoms with E-state index in [2.05, 4.69) is 30.1 Å². The van der Waals surface area contributed by atoms with Crippen molar-refractivity contribution < 1.29 is 4.79 Å². The van der Waals surface area contributed by atoms with Crippen LogP contribution in [-0.2, 0) is 13.0 Å². The van der Waals surface area contributed by atoms with Gasteiger partial charge in [0.15, 0.2) is 0 Å². The van der Waals surface area contributed by atoms with E-state index < -0.39 is 0 Å². The van der Waals surface area contributed by atoms with E-state index in [1.807, 2.05) is 42.5 Å². The molecule has 1 aromatic heterocycles. The van der Waals surface area contributed by atoms with Crippen LogP contribution in [0.1, 0.15) is 40.2 Å². The van der Waals surface area contributed by atoms with Gasteiger partial charge in [-0.2, -0.15) is 5.26 Å². The number of halogens is 1. The summed E-state index contributed by atoms with van der Waals surface area (Å²) in [6, 6.07) is 16.4. The number of fused-ring (bicyclic) bond motifs is 2. The van der Waals surface area contributed by atoms with Gasteiger partial charge in [-0.05, 0) is 42.7 Å². The lowest BCUT2D eigenvalue weighted by Crippen LogP contribution is -2.35. The average Bonchev–Trinajstić information content (AvgIpc) is 3.03. The molecule has 0 fully saturated rings. The molecule has 2 heterocycles. The summed E-state index contributed by atoms with van der Waals surface area (Å²) in [5.74, 6) is -0.164. The van der Waals surface area contributed by atoms with Crippen LogP contribution in [0.25, 0.3) is 10.8 Å². The third kappa shape index (κ3) is 3.64. The third-order valence-electron chi connectivity index (χ3n) is 5.19. The molecule has 0 saturated heterocycles. The minimum atomic E-state index is -0.164. The Labute approximate surface area is 175 Å². The lowest BCUT2D eigenvalue weighted by atomic mass is 10.0. The molecule has 0 bridgehead atoms. The smallest absolute Gasteiger partial charge is 0.256 e. The fourth-order valence-electron chi connectivity index (χ4n) is 3.66. The number of nitriles is 1. The number of nitrogens with zero attached hydrogens (tertiary/aromatic N) is 2. The van der Waals surface area contributed by atoms with Crippen LogP contribution in [0.15, 0.2) is 42.5 Å². The van der Waals surface area contributed by atoms with Crippen LogP contribution in [0.2, 0.25) is 0 Å². The van der Waals surface area contributed by atoms with E-state index in [-0.39, 0.29) is 18.3 Å². The molecular formula is C22H22ClN3OS. The minimum absolute atomic E-state index is 0. The van der Waals surface area contributed by atoms with E-state index >= 15 is 0 Å². The Morgan fingerprint density at radius 1 is 1.21 bits per heavy atom. The number of anilines is 1. The van der Waals surface area contributed by atoms with Gasteiger partial charge in [0.05, 0.1) is 5.56 Å². The maximum atomic E-state index is 13.0. The van der Waals surface area contributed by atoms with E-state index in [1.165, 1.54) is 16.2 Å². The molecule has 1 aliphatic rings. The molecule has 0 aliphatic carbocycles. The Morgan fingerprint density at radius 2 is 1.96 bits per heavy atom. The lowest BCUT2D eigenvalue weighted by molar-refractivity contribution is 0.102. The number of hydrogen-bond acceptors (Lipinski definition) is 4. The van der Waals surface area contributed by atoms with Crippen molar-refractivity contribution in [1.29, 1.82) is 5.26 Å². The van der Waals surface area contributed by atoms with Gasteiger partial charge in [-0.25, -0.2) is 0 Å². The number of amides is 1. The van der Waals surface area contributed by atoms with Crippen molar-refractivity contribution in [3.63, 3.8) is 0 Å². The summed E-state index contributed by atoms with van der Waals surface area (Å²) in [7, 11) is 0. The van der Waals surface area contributed by atoms with E-state index in [0.717, 1.165) is 35.8 Å². The molecule has 0 saturated carbocycles. The molecule has 1 amide bonds. The molecular weight excluding hydrogens is 390 g/mol. The van der Waals surface area contributed by atoms with E-state index in [4.69, 9.17) is 0 Å². The maximum absolute atomic E-state index is 13.0. The number of thiophene rings is 1. The van der Waals surface area contributed by atoms with Gasteiger partial charge in [0.1, 0.15) is 11.1 Å². The normalized spacial score (nSPS) is 13.6. The van der Waals surface area contributed by atoms with E-state index in [9.17, 15) is 10.1 Å². The van der Waals surface area contributed by atoms with Gasteiger partial charge in [0, 0.05) is 29.6 Å². The van der Waals surface area contributed by atoms with Crippen LogP contribution < -0.4 is 5.32 Å². The first-order valence-electron chi connectivity index (χ1n) is 9.16. The molecule has 0 radical (unpaired) electrons. The molecule has 144 valence electrons. The van der Waals surface area contributed by atoms with E-state index in [0.29, 0.717) is 22.2 Å². The molecule has 4 rings (SSSR count). The fraction of sp³-hybridized carbons (Fsp3) is 0.273. The molecule has 2 aromatic carbocycles. The Balaban J connectivity index is 0.00000225. The highest BCUT2D eigenvalue weighted by Gasteiger charge is 2.26. The number of rotatable bonds is 3. The van der Waals surface area contributed by atoms with Crippen molar-refractivity contribution in [2.75, 3.05) is 11.9 Å². The molecule has 1 N–H and O–H groups in total. The van der Waals surface area contributed by atoms with Crippen molar-refractivity contribution in [3.05, 3.63) is 64.0 Å². The van der Waals surface area contributed by atoms with Crippen LogP contribution in [0.4, 0.5) is 5.00 Å². The number of benzene rings is 2. The molecule has 1 aliphatic heterocycles. The summed E-state index contributed by atoms with van der Waals surface area (Å²) in [6.07, 6.45) is 0.858. The van der Waals surface area contributed by atoms with Gasteiger partial charge in [-0.15, -0.1) is 23.7 Å². The molecule has 6 heteroatoms. The van der Waals surface area contributed by atoms with Gasteiger partial charge in [-0.3, -0.25) is 9.69 Å². The van der Waals surface area contributed by atoms with Gasteiger partial charge in [0.25, 0.3) is 5.91 Å². The van der Waals surface area contributed by atoms with Gasteiger partial charge < -0.3 is 5.32 Å². The predicted octanol–water partition coefficient (Wildman–Crippen LogP) is 5.21. The first kappa shape index (κ1) is 20.3. The zero-order valence-electron chi connectivity index (χ0n) is 15.9. The summed E-state index contributed by atoms with van der Waals surface area (Å²) >= 11 is 1.54. The summed E-state index contributed by atoms with van der Waals surface area (Å²) in [6.45, 7) is 6.17. The highest BCUT2D eigenvalue weighted by Crippen LogP contribution is 2.37. The van der Waals surface area contributed by atoms with Crippen LogP contribution in [0, 0.1) is 11.3 Å². The van der Waals surface area contributed by atoms with Crippen LogP contribution in [0.5, 0.6) is 0 Å². The zero-order valence-corrected chi connectivity index (χ0v) is 17.5. The van der Waals surface area contributed by atoms with Crippen molar-refractivity contribution in [2.24, 2.45) is 0 Å². The van der Waals surface area contributed by atoms with Crippen molar-refractivity contribution in [1.82, 2.24) is 4.90 Å². The summed E-state index contributed by atoms with van der Waals surface area (Å²) < 4.78 is 0. The Bertz CT molecular complexity index is 1060. The second-order valence-corrected chi connectivity index (χ2v) is 8.22. The third-order valence-corrected chi connectivity index (χ3v) is 6.32. The highest BCUT2D eigenvalue weighted by molar-refractivity contribution is 7.16. The number of hydrogen-bond donors (Lipinski definition) is 1. The highest BCUT2D eigenvalue weighted by atomic mass is 35.5. The molecule has 0 unspecified atom stereocenters. The minimum Gasteiger partial charge on any atom is -0.312 e. The summed E-state index contributed by atoms with van der Waals surface area (Å²) in [5.41, 5.74) is 2.37. The predicted molar refractivity (Wildman–Crippen MR) is 117 cm³/mol. The largest absolute Gasteiger partial charge is 0.312 e. The number of carbonyl (C=O) groups excluding carboxylic acids is 1. The Hall–Kier alpha value is -2.39. The second kappa shape index (κ2) is 8.32. The van der Waals surface area contributed by atoms with Crippen LogP contribution in [-0.4, -0.2) is 23.4 Å². The van der Waals surface area contributed by atoms with Crippen molar-refractivity contribution in [3.8, 4) is 6.07 Å². The zero-order chi connectivity index (χ0) is 19.0. The quantitative estimate of drug-likeness (QED) is 0.643. The maximum Gasteiger partial charge on any atom is 0.256 e. The molecule has 0 spiro atoms. The SMILES string of the molecule is CC(C)N1CCc2c(sc(NC(=O)c3cccc4ccccc34)c2C#N)C1.Cl. The first-order valence-corrected chi connectivity index (χ1v) is 9.98. The van der Waals surface area contributed by atoms with Gasteiger partial charge in [0.2, 0.25) is 0 Å². The molecule has 28 heavy (non-hydrogen) atoms. The summed E-state index contributed by atoms with van der Waals surface area (Å²) in [4.78, 5) is 16.6. The molecule has 3 aromatic rings. The Kier molecular flexibility index (Phi) is 6.04. The van der Waals surface area contributed by atoms with Crippen molar-refractivity contribution in [2.45, 2.75) is 32.9 Å². The second-order valence-electron chi connectivity index (χ2n) is 7.11. The van der Waals surface area contributed by atoms with Crippen LogP contribution >= 0.6 is 23.7 Å². The fourth-order valence-corrected chi connectivity index (χ4v) is 4.88. The molecule has 0 atom stereocenters. The monoisotopic (exact) mass is 411 g/mol. The first-order chi connectivity index (χ1) is 13.1. The topological polar surface area (TPSA) is 56.1 Å². The van der Waals surface area contributed by atoms with Crippen molar-refractivity contribution >= 4 is 45.4 Å². The Morgan fingerprint density at radius 3 is 2.71 bits per heavy atom. The number of nitrogens with one attached hydrogen (secondary N) is 1. The van der Waals surface area contributed by atoms with Gasteiger partial charge >= 0.3 is 0 Å². The lowest BCUT2D eigenvalue weighted by Gasteiger charge is -2.30. The summed E-state index contributed by atoms with van der Waals surface area (Å²) in [5, 5.41) is 15.3. The molecule has 4 nitrogen and oxygen atoms in total.